The molecule has 0 aliphatic carbocycles. The molecular weight excluding hydrogens is 276 g/mol. The van der Waals surface area contributed by atoms with Crippen LogP contribution in [0.15, 0.2) is 36.4 Å². The second kappa shape index (κ2) is 7.04. The van der Waals surface area contributed by atoms with E-state index < -0.39 is 11.6 Å². The first-order valence-corrected chi connectivity index (χ1v) is 6.57. The Labute approximate surface area is 122 Å². The van der Waals surface area contributed by atoms with Crippen LogP contribution in [0.25, 0.3) is 0 Å². The van der Waals surface area contributed by atoms with Crippen molar-refractivity contribution in [1.29, 1.82) is 0 Å². The van der Waals surface area contributed by atoms with Crippen LogP contribution in [0, 0.1) is 11.6 Å². The molecule has 0 fully saturated rings. The molecule has 0 aliphatic heterocycles. The zero-order chi connectivity index (χ0) is 15.2. The number of halogens is 2. The smallest absolute Gasteiger partial charge is 0.161 e. The number of nitrogens with two attached hydrogens (primary N) is 1. The highest BCUT2D eigenvalue weighted by Gasteiger charge is 2.09. The summed E-state index contributed by atoms with van der Waals surface area (Å²) in [5.41, 5.74) is 6.67. The van der Waals surface area contributed by atoms with Crippen molar-refractivity contribution in [1.82, 2.24) is 0 Å². The van der Waals surface area contributed by atoms with E-state index in [9.17, 15) is 8.78 Å². The van der Waals surface area contributed by atoms with E-state index in [0.29, 0.717) is 24.5 Å². The lowest BCUT2D eigenvalue weighted by Gasteiger charge is -2.12. The molecule has 2 aromatic rings. The van der Waals surface area contributed by atoms with Crippen LogP contribution < -0.4 is 15.2 Å². The van der Waals surface area contributed by atoms with Crippen molar-refractivity contribution in [3.8, 4) is 11.5 Å². The summed E-state index contributed by atoms with van der Waals surface area (Å²) < 4.78 is 37.4. The van der Waals surface area contributed by atoms with Gasteiger partial charge in [0, 0.05) is 5.56 Å². The molecular formula is C16H17F2NO2. The zero-order valence-electron chi connectivity index (χ0n) is 11.7. The third kappa shape index (κ3) is 3.92. The molecule has 0 unspecified atom stereocenters. The fourth-order valence-corrected chi connectivity index (χ4v) is 1.97. The molecule has 2 rings (SSSR count). The summed E-state index contributed by atoms with van der Waals surface area (Å²) in [6.45, 7) is 0.441. The number of benzene rings is 2. The topological polar surface area (TPSA) is 44.5 Å². The van der Waals surface area contributed by atoms with Crippen LogP contribution in [0.4, 0.5) is 8.78 Å². The van der Waals surface area contributed by atoms with Gasteiger partial charge >= 0.3 is 0 Å². The van der Waals surface area contributed by atoms with E-state index in [1.54, 1.807) is 12.1 Å². The molecule has 0 radical (unpaired) electrons. The van der Waals surface area contributed by atoms with E-state index in [-0.39, 0.29) is 12.2 Å². The van der Waals surface area contributed by atoms with Gasteiger partial charge in [0.2, 0.25) is 0 Å². The molecule has 21 heavy (non-hydrogen) atoms. The Morgan fingerprint density at radius 1 is 1.05 bits per heavy atom. The molecule has 3 nitrogen and oxygen atoms in total. The summed E-state index contributed by atoms with van der Waals surface area (Å²) in [6.07, 6.45) is 0.703. The van der Waals surface area contributed by atoms with Crippen LogP contribution in [-0.4, -0.2) is 13.7 Å². The molecule has 5 heteroatoms. The first kappa shape index (κ1) is 15.3. The first-order valence-electron chi connectivity index (χ1n) is 6.57. The van der Waals surface area contributed by atoms with Gasteiger partial charge in [0.25, 0.3) is 0 Å². The summed E-state index contributed by atoms with van der Waals surface area (Å²) in [5, 5.41) is 0. The highest BCUT2D eigenvalue weighted by molar-refractivity contribution is 5.43. The minimum atomic E-state index is -0.506. The number of methoxy groups -OCH3 is 1. The molecule has 0 heterocycles. The Hall–Kier alpha value is -2.14. The lowest BCUT2D eigenvalue weighted by molar-refractivity contribution is 0.279. The van der Waals surface area contributed by atoms with E-state index in [0.717, 1.165) is 23.8 Å². The Bertz CT molecular complexity index is 617. The maximum Gasteiger partial charge on any atom is 0.161 e. The molecule has 0 saturated heterocycles. The van der Waals surface area contributed by atoms with E-state index in [1.807, 2.05) is 6.07 Å². The van der Waals surface area contributed by atoms with Crippen LogP contribution in [0.3, 0.4) is 0 Å². The highest BCUT2D eigenvalue weighted by Crippen LogP contribution is 2.29. The summed E-state index contributed by atoms with van der Waals surface area (Å²) in [4.78, 5) is 0. The average Bonchev–Trinajstić information content (AvgIpc) is 2.49. The molecule has 0 amide bonds. The molecule has 0 spiro atoms. The minimum absolute atomic E-state index is 0.0773. The second-order valence-corrected chi connectivity index (χ2v) is 4.55. The lowest BCUT2D eigenvalue weighted by atomic mass is 10.1. The lowest BCUT2D eigenvalue weighted by Crippen LogP contribution is -2.04. The maximum absolute atomic E-state index is 13.6. The van der Waals surface area contributed by atoms with E-state index in [1.165, 1.54) is 7.11 Å². The molecule has 2 N–H and O–H groups in total. The van der Waals surface area contributed by atoms with E-state index >= 15 is 0 Å². The molecule has 112 valence electrons. The van der Waals surface area contributed by atoms with Gasteiger partial charge in [-0.2, -0.15) is 0 Å². The molecule has 0 atom stereocenters. The summed E-state index contributed by atoms with van der Waals surface area (Å²) in [7, 11) is 1.52. The first-order chi connectivity index (χ1) is 10.1. The van der Waals surface area contributed by atoms with Crippen molar-refractivity contribution in [3.05, 3.63) is 59.2 Å². The van der Waals surface area contributed by atoms with Gasteiger partial charge in [-0.15, -0.1) is 0 Å². The van der Waals surface area contributed by atoms with Gasteiger partial charge in [-0.25, -0.2) is 8.78 Å². The number of rotatable bonds is 6. The average molecular weight is 293 g/mol. The van der Waals surface area contributed by atoms with Gasteiger partial charge in [0.15, 0.2) is 11.5 Å². The van der Waals surface area contributed by atoms with Crippen molar-refractivity contribution in [2.24, 2.45) is 5.73 Å². The molecule has 0 aliphatic rings. The van der Waals surface area contributed by atoms with Crippen LogP contribution in [0.5, 0.6) is 11.5 Å². The van der Waals surface area contributed by atoms with Crippen molar-refractivity contribution in [3.63, 3.8) is 0 Å². The second-order valence-electron chi connectivity index (χ2n) is 4.55. The maximum atomic E-state index is 13.6. The van der Waals surface area contributed by atoms with Crippen molar-refractivity contribution in [2.45, 2.75) is 13.0 Å². The van der Waals surface area contributed by atoms with Crippen LogP contribution in [0.2, 0.25) is 0 Å². The number of hydrogen-bond acceptors (Lipinski definition) is 3. The van der Waals surface area contributed by atoms with Crippen molar-refractivity contribution < 1.29 is 18.3 Å². The Morgan fingerprint density at radius 2 is 1.86 bits per heavy atom. The normalized spacial score (nSPS) is 10.5. The Kier molecular flexibility index (Phi) is 5.11. The predicted octanol–water partition coefficient (Wildman–Crippen LogP) is 3.05. The van der Waals surface area contributed by atoms with Crippen molar-refractivity contribution >= 4 is 0 Å². The van der Waals surface area contributed by atoms with Gasteiger partial charge in [-0.1, -0.05) is 6.07 Å². The van der Waals surface area contributed by atoms with Gasteiger partial charge < -0.3 is 15.2 Å². The Morgan fingerprint density at radius 3 is 2.57 bits per heavy atom. The number of hydrogen-bond donors (Lipinski definition) is 1. The summed E-state index contributed by atoms with van der Waals surface area (Å²) in [6, 6.07) is 8.72. The molecule has 0 aromatic heterocycles. The minimum Gasteiger partial charge on any atom is -0.493 e. The number of ether oxygens (including phenoxy) is 2. The summed E-state index contributed by atoms with van der Waals surface area (Å²) >= 11 is 0. The quantitative estimate of drug-likeness (QED) is 0.890. The van der Waals surface area contributed by atoms with Crippen molar-refractivity contribution in [2.75, 3.05) is 13.7 Å². The zero-order valence-corrected chi connectivity index (χ0v) is 11.7. The standard InChI is InChI=1S/C16H17F2NO2/c1-20-15-5-2-11(6-7-19)8-16(15)21-10-12-9-13(17)3-4-14(12)18/h2-5,8-9H,6-7,10,19H2,1H3. The molecule has 2 aromatic carbocycles. The third-order valence-electron chi connectivity index (χ3n) is 3.05. The van der Waals surface area contributed by atoms with Crippen LogP contribution in [0.1, 0.15) is 11.1 Å². The third-order valence-corrected chi connectivity index (χ3v) is 3.05. The summed E-state index contributed by atoms with van der Waals surface area (Å²) in [5.74, 6) is 0.00650. The van der Waals surface area contributed by atoms with Gasteiger partial charge in [0.1, 0.15) is 18.2 Å². The monoisotopic (exact) mass is 293 g/mol. The van der Waals surface area contributed by atoms with Crippen LogP contribution in [-0.2, 0) is 13.0 Å². The SMILES string of the molecule is COc1ccc(CCN)cc1OCc1cc(F)ccc1F. The van der Waals surface area contributed by atoms with E-state index in [4.69, 9.17) is 15.2 Å². The fraction of sp³-hybridized carbons (Fsp3) is 0.250. The van der Waals surface area contributed by atoms with E-state index in [2.05, 4.69) is 0 Å². The van der Waals surface area contributed by atoms with Crippen LogP contribution >= 0.6 is 0 Å². The van der Waals surface area contributed by atoms with Gasteiger partial charge in [-0.3, -0.25) is 0 Å². The fourth-order valence-electron chi connectivity index (χ4n) is 1.97. The predicted molar refractivity (Wildman–Crippen MR) is 76.4 cm³/mol. The van der Waals surface area contributed by atoms with Gasteiger partial charge in [-0.05, 0) is 48.9 Å². The highest BCUT2D eigenvalue weighted by atomic mass is 19.1. The largest absolute Gasteiger partial charge is 0.493 e. The van der Waals surface area contributed by atoms with Gasteiger partial charge in [0.05, 0.1) is 7.11 Å². The molecule has 0 saturated carbocycles. The Balaban J connectivity index is 2.18. The molecule has 0 bridgehead atoms.